The van der Waals surface area contributed by atoms with Crippen LogP contribution in [0.4, 0.5) is 5.69 Å². The summed E-state index contributed by atoms with van der Waals surface area (Å²) in [5, 5.41) is 11.1. The van der Waals surface area contributed by atoms with E-state index in [9.17, 15) is 18.5 Å². The first-order valence-electron chi connectivity index (χ1n) is 11.3. The molecule has 0 N–H and O–H groups in total. The van der Waals surface area contributed by atoms with E-state index in [1.807, 2.05) is 66.1 Å². The molecule has 0 saturated carbocycles. The lowest BCUT2D eigenvalue weighted by atomic mass is 10.1. The van der Waals surface area contributed by atoms with E-state index in [1.165, 1.54) is 36.0 Å². The molecule has 9 heteroatoms. The highest BCUT2D eigenvalue weighted by Crippen LogP contribution is 2.38. The van der Waals surface area contributed by atoms with E-state index in [0.29, 0.717) is 17.0 Å². The first-order chi connectivity index (χ1) is 17.8. The zero-order chi connectivity index (χ0) is 26.0. The second kappa shape index (κ2) is 10.0. The van der Waals surface area contributed by atoms with Crippen LogP contribution in [-0.4, -0.2) is 23.5 Å². The topological polar surface area (TPSA) is 94.0 Å². The minimum atomic E-state index is -4.00. The third-order valence-corrected chi connectivity index (χ3v) is 8.34. The summed E-state index contributed by atoms with van der Waals surface area (Å²) in [5.74, 6) is 0. The number of nitro groups is 1. The Morgan fingerprint density at radius 3 is 2.14 bits per heavy atom. The molecule has 0 aliphatic carbocycles. The third kappa shape index (κ3) is 4.91. The van der Waals surface area contributed by atoms with Gasteiger partial charge in [-0.25, -0.2) is 0 Å². The molecular formula is C28H21N3O4S2. The van der Waals surface area contributed by atoms with Gasteiger partial charge in [0.1, 0.15) is 5.71 Å². The second-order valence-electron chi connectivity index (χ2n) is 8.21. The van der Waals surface area contributed by atoms with Crippen LogP contribution in [0.15, 0.2) is 128 Å². The van der Waals surface area contributed by atoms with Crippen LogP contribution >= 0.6 is 11.8 Å². The van der Waals surface area contributed by atoms with Gasteiger partial charge in [0.25, 0.3) is 15.7 Å². The van der Waals surface area contributed by atoms with Crippen molar-refractivity contribution in [1.82, 2.24) is 4.40 Å². The summed E-state index contributed by atoms with van der Waals surface area (Å²) >= 11 is 1.46. The van der Waals surface area contributed by atoms with Crippen molar-refractivity contribution in [1.29, 1.82) is 0 Å². The second-order valence-corrected chi connectivity index (χ2v) is 10.9. The molecule has 37 heavy (non-hydrogen) atoms. The Labute approximate surface area is 218 Å². The monoisotopic (exact) mass is 527 g/mol. The van der Waals surface area contributed by atoms with Gasteiger partial charge in [-0.3, -0.25) is 10.1 Å². The Bertz CT molecular complexity index is 1730. The van der Waals surface area contributed by atoms with E-state index in [4.69, 9.17) is 0 Å². The van der Waals surface area contributed by atoms with Crippen LogP contribution in [0.5, 0.6) is 0 Å². The van der Waals surface area contributed by atoms with Gasteiger partial charge in [0, 0.05) is 33.7 Å². The van der Waals surface area contributed by atoms with Gasteiger partial charge < -0.3 is 4.40 Å². The van der Waals surface area contributed by atoms with Crippen molar-refractivity contribution in [3.05, 3.63) is 136 Å². The number of nitrogens with zero attached hydrogens (tertiary/aromatic N) is 3. The Hall–Kier alpha value is -4.21. The largest absolute Gasteiger partial charge is 0.314 e. The molecular weight excluding hydrogens is 506 g/mol. The predicted molar refractivity (Wildman–Crippen MR) is 145 cm³/mol. The van der Waals surface area contributed by atoms with Gasteiger partial charge in [-0.15, -0.1) is 0 Å². The number of benzene rings is 3. The Morgan fingerprint density at radius 2 is 1.49 bits per heavy atom. The molecule has 0 unspecified atom stereocenters. The lowest BCUT2D eigenvalue weighted by molar-refractivity contribution is -0.384. The fourth-order valence-electron chi connectivity index (χ4n) is 4.07. The van der Waals surface area contributed by atoms with Gasteiger partial charge in [0.2, 0.25) is 0 Å². The van der Waals surface area contributed by atoms with Crippen molar-refractivity contribution < 1.29 is 13.3 Å². The molecule has 5 aromatic rings. The van der Waals surface area contributed by atoms with Crippen LogP contribution in [-0.2, 0) is 10.0 Å². The molecule has 184 valence electrons. The number of non-ortho nitro benzene ring substituents is 1. The number of hydrogen-bond acceptors (Lipinski definition) is 5. The summed E-state index contributed by atoms with van der Waals surface area (Å²) in [6, 6.07) is 29.5. The van der Waals surface area contributed by atoms with Crippen LogP contribution < -0.4 is 0 Å². The Morgan fingerprint density at radius 1 is 0.865 bits per heavy atom. The van der Waals surface area contributed by atoms with Gasteiger partial charge in [-0.05, 0) is 48.9 Å². The van der Waals surface area contributed by atoms with Crippen molar-refractivity contribution in [3.8, 4) is 0 Å². The molecule has 3 aromatic carbocycles. The van der Waals surface area contributed by atoms with Gasteiger partial charge in [0.05, 0.1) is 21.0 Å². The SMILES string of the molecule is Cc1c(Sc2ccc([N+](=O)[O-])cc2)c2ccccn2c1/C(=N\S(=O)(=O)c1ccccc1)c1ccccc1. The quantitative estimate of drug-likeness (QED) is 0.136. The molecule has 2 aromatic heterocycles. The predicted octanol–water partition coefficient (Wildman–Crippen LogP) is 6.53. The summed E-state index contributed by atoms with van der Waals surface area (Å²) in [6.07, 6.45) is 1.88. The van der Waals surface area contributed by atoms with E-state index < -0.39 is 14.9 Å². The maximum absolute atomic E-state index is 13.4. The molecule has 7 nitrogen and oxygen atoms in total. The van der Waals surface area contributed by atoms with Crippen LogP contribution in [0.1, 0.15) is 16.8 Å². The molecule has 0 amide bonds. The normalized spacial score (nSPS) is 12.1. The number of fused-ring (bicyclic) bond motifs is 1. The Kier molecular flexibility index (Phi) is 6.64. The first-order valence-corrected chi connectivity index (χ1v) is 13.6. The zero-order valence-electron chi connectivity index (χ0n) is 19.7. The molecule has 0 atom stereocenters. The highest BCUT2D eigenvalue weighted by Gasteiger charge is 2.24. The van der Waals surface area contributed by atoms with Crippen LogP contribution in [0.25, 0.3) is 5.52 Å². The van der Waals surface area contributed by atoms with E-state index in [0.717, 1.165) is 20.9 Å². The molecule has 0 aliphatic heterocycles. The maximum atomic E-state index is 13.4. The minimum Gasteiger partial charge on any atom is -0.314 e. The molecule has 0 bridgehead atoms. The molecule has 2 heterocycles. The number of hydrogen-bond donors (Lipinski definition) is 0. The fourth-order valence-corrected chi connectivity index (χ4v) is 6.14. The smallest absolute Gasteiger partial charge is 0.282 e. The first kappa shape index (κ1) is 24.5. The van der Waals surface area contributed by atoms with Crippen LogP contribution in [0, 0.1) is 17.0 Å². The number of nitro benzene ring substituents is 1. The highest BCUT2D eigenvalue weighted by atomic mass is 32.2. The molecule has 0 spiro atoms. The van der Waals surface area contributed by atoms with Gasteiger partial charge >= 0.3 is 0 Å². The molecule has 0 fully saturated rings. The summed E-state index contributed by atoms with van der Waals surface area (Å²) in [7, 11) is -4.00. The van der Waals surface area contributed by atoms with Crippen molar-refractivity contribution in [2.75, 3.05) is 0 Å². The van der Waals surface area contributed by atoms with Crippen molar-refractivity contribution in [2.45, 2.75) is 21.6 Å². The average Bonchev–Trinajstić information content (AvgIpc) is 3.19. The van der Waals surface area contributed by atoms with Crippen molar-refractivity contribution in [3.63, 3.8) is 0 Å². The van der Waals surface area contributed by atoms with E-state index in [1.54, 1.807) is 30.3 Å². The Balaban J connectivity index is 1.71. The average molecular weight is 528 g/mol. The molecule has 0 saturated heterocycles. The third-order valence-electron chi connectivity index (χ3n) is 5.82. The number of pyridine rings is 1. The minimum absolute atomic E-state index is 0.0214. The van der Waals surface area contributed by atoms with Gasteiger partial charge in [0.15, 0.2) is 0 Å². The molecule has 0 aliphatic rings. The van der Waals surface area contributed by atoms with Gasteiger partial charge in [-0.2, -0.15) is 12.8 Å². The van der Waals surface area contributed by atoms with E-state index in [-0.39, 0.29) is 10.6 Å². The maximum Gasteiger partial charge on any atom is 0.282 e. The number of aromatic nitrogens is 1. The number of rotatable bonds is 7. The lowest BCUT2D eigenvalue weighted by Crippen LogP contribution is -2.12. The fraction of sp³-hybridized carbons (Fsp3) is 0.0357. The van der Waals surface area contributed by atoms with E-state index >= 15 is 0 Å². The summed E-state index contributed by atoms with van der Waals surface area (Å²) in [6.45, 7) is 1.93. The van der Waals surface area contributed by atoms with Crippen molar-refractivity contribution >= 4 is 38.7 Å². The van der Waals surface area contributed by atoms with E-state index in [2.05, 4.69) is 4.40 Å². The highest BCUT2D eigenvalue weighted by molar-refractivity contribution is 7.99. The zero-order valence-corrected chi connectivity index (χ0v) is 21.3. The molecule has 5 rings (SSSR count). The standard InChI is InChI=1S/C28H21N3O4S2/c1-20-27(26(21-10-4-2-5-11-21)29-37(34,35)24-12-6-3-7-13-24)30-19-9-8-14-25(30)28(20)36-23-17-15-22(16-18-23)31(32)33/h2-19H,1H3/b29-26-. The summed E-state index contributed by atoms with van der Waals surface area (Å²) < 4.78 is 33.0. The lowest BCUT2D eigenvalue weighted by Gasteiger charge is -2.10. The summed E-state index contributed by atoms with van der Waals surface area (Å²) in [5.41, 5.74) is 3.40. The van der Waals surface area contributed by atoms with Crippen LogP contribution in [0.3, 0.4) is 0 Å². The van der Waals surface area contributed by atoms with Gasteiger partial charge in [-0.1, -0.05) is 66.4 Å². The van der Waals surface area contributed by atoms with Crippen LogP contribution in [0.2, 0.25) is 0 Å². The van der Waals surface area contributed by atoms with Crippen molar-refractivity contribution in [2.24, 2.45) is 4.40 Å². The number of sulfonamides is 1. The summed E-state index contributed by atoms with van der Waals surface area (Å²) in [4.78, 5) is 12.5. The molecule has 0 radical (unpaired) electrons.